The minimum Gasteiger partial charge on any atom is -0.375 e. The standard InChI is InChI=1S/C23H38N4O2/c1-4-24-23(27-13-15-29-22(18-27)21-12-9-14-28-21)25-16-19-10-7-8-11-20(19)17-26(5-2)6-3/h7-8,10-11,21-22H,4-6,9,12-18H2,1-3H3,(H,24,25). The van der Waals surface area contributed by atoms with Crippen molar-refractivity contribution in [1.82, 2.24) is 15.1 Å². The summed E-state index contributed by atoms with van der Waals surface area (Å²) in [6.07, 6.45) is 2.62. The van der Waals surface area contributed by atoms with Gasteiger partial charge >= 0.3 is 0 Å². The largest absolute Gasteiger partial charge is 0.375 e. The lowest BCUT2D eigenvalue weighted by Gasteiger charge is -2.37. The zero-order valence-corrected chi connectivity index (χ0v) is 18.4. The number of rotatable bonds is 8. The maximum absolute atomic E-state index is 6.02. The molecule has 0 amide bonds. The summed E-state index contributed by atoms with van der Waals surface area (Å²) in [7, 11) is 0. The van der Waals surface area contributed by atoms with Crippen LogP contribution < -0.4 is 5.32 Å². The van der Waals surface area contributed by atoms with E-state index in [2.05, 4.69) is 60.2 Å². The van der Waals surface area contributed by atoms with Crippen molar-refractivity contribution in [1.29, 1.82) is 0 Å². The lowest BCUT2D eigenvalue weighted by Crippen LogP contribution is -2.53. The molecule has 0 saturated carbocycles. The highest BCUT2D eigenvalue weighted by Gasteiger charge is 2.32. The highest BCUT2D eigenvalue weighted by atomic mass is 16.5. The first-order chi connectivity index (χ1) is 14.2. The Balaban J connectivity index is 1.69. The van der Waals surface area contributed by atoms with Gasteiger partial charge in [-0.2, -0.15) is 0 Å². The van der Waals surface area contributed by atoms with E-state index in [4.69, 9.17) is 14.5 Å². The van der Waals surface area contributed by atoms with Gasteiger partial charge in [0.1, 0.15) is 6.10 Å². The molecule has 6 nitrogen and oxygen atoms in total. The minimum atomic E-state index is 0.144. The second kappa shape index (κ2) is 11.5. The molecule has 0 radical (unpaired) electrons. The van der Waals surface area contributed by atoms with Gasteiger partial charge in [0.15, 0.2) is 5.96 Å². The van der Waals surface area contributed by atoms with E-state index >= 15 is 0 Å². The van der Waals surface area contributed by atoms with Crippen molar-refractivity contribution in [2.75, 3.05) is 45.9 Å². The molecule has 1 aromatic carbocycles. The third kappa shape index (κ3) is 6.17. The lowest BCUT2D eigenvalue weighted by atomic mass is 10.1. The Morgan fingerprint density at radius 3 is 2.55 bits per heavy atom. The summed E-state index contributed by atoms with van der Waals surface area (Å²) >= 11 is 0. The fraction of sp³-hybridized carbons (Fsp3) is 0.696. The average Bonchev–Trinajstić information content (AvgIpc) is 3.31. The van der Waals surface area contributed by atoms with Crippen LogP contribution in [0.15, 0.2) is 29.3 Å². The zero-order valence-electron chi connectivity index (χ0n) is 18.4. The topological polar surface area (TPSA) is 49.3 Å². The van der Waals surface area contributed by atoms with Crippen LogP contribution in [0, 0.1) is 0 Å². The van der Waals surface area contributed by atoms with Crippen molar-refractivity contribution >= 4 is 5.96 Å². The predicted octanol–water partition coefficient (Wildman–Crippen LogP) is 2.87. The fourth-order valence-corrected chi connectivity index (χ4v) is 4.13. The maximum atomic E-state index is 6.02. The van der Waals surface area contributed by atoms with Gasteiger partial charge in [-0.25, -0.2) is 4.99 Å². The monoisotopic (exact) mass is 402 g/mol. The number of morpholine rings is 1. The van der Waals surface area contributed by atoms with Crippen molar-refractivity contribution < 1.29 is 9.47 Å². The summed E-state index contributed by atoms with van der Waals surface area (Å²) in [6.45, 7) is 14.5. The molecule has 2 unspecified atom stereocenters. The van der Waals surface area contributed by atoms with Crippen LogP contribution in [-0.2, 0) is 22.6 Å². The van der Waals surface area contributed by atoms with Crippen molar-refractivity contribution in [2.45, 2.75) is 58.9 Å². The number of hydrogen-bond acceptors (Lipinski definition) is 4. The first-order valence-corrected chi connectivity index (χ1v) is 11.3. The third-order valence-corrected chi connectivity index (χ3v) is 5.91. The molecule has 2 atom stereocenters. The van der Waals surface area contributed by atoms with Crippen LogP contribution in [0.25, 0.3) is 0 Å². The molecule has 6 heteroatoms. The molecule has 2 fully saturated rings. The van der Waals surface area contributed by atoms with E-state index in [9.17, 15) is 0 Å². The average molecular weight is 403 g/mol. The molecule has 2 saturated heterocycles. The van der Waals surface area contributed by atoms with Gasteiger partial charge in [-0.3, -0.25) is 4.90 Å². The molecule has 2 aliphatic rings. The number of ether oxygens (including phenoxy) is 2. The molecule has 3 rings (SSSR count). The minimum absolute atomic E-state index is 0.144. The molecule has 162 valence electrons. The molecular weight excluding hydrogens is 364 g/mol. The number of hydrogen-bond donors (Lipinski definition) is 1. The summed E-state index contributed by atoms with van der Waals surface area (Å²) in [5.74, 6) is 0.983. The molecule has 0 bridgehead atoms. The SMILES string of the molecule is CCNC(=NCc1ccccc1CN(CC)CC)N1CCOC(C2CCCO2)C1. The number of nitrogens with zero attached hydrogens (tertiary/aromatic N) is 3. The van der Waals surface area contributed by atoms with Gasteiger partial charge in [0.25, 0.3) is 0 Å². The van der Waals surface area contributed by atoms with Crippen LogP contribution in [0.5, 0.6) is 0 Å². The summed E-state index contributed by atoms with van der Waals surface area (Å²) in [6, 6.07) is 8.69. The Morgan fingerprint density at radius 1 is 1.10 bits per heavy atom. The number of aliphatic imine (C=N–C) groups is 1. The van der Waals surface area contributed by atoms with E-state index in [1.165, 1.54) is 11.1 Å². The molecule has 0 aromatic heterocycles. The Hall–Kier alpha value is -1.63. The zero-order chi connectivity index (χ0) is 20.5. The molecular formula is C23H38N4O2. The van der Waals surface area contributed by atoms with Crippen molar-refractivity contribution in [3.8, 4) is 0 Å². The van der Waals surface area contributed by atoms with E-state index in [-0.39, 0.29) is 12.2 Å². The van der Waals surface area contributed by atoms with Crippen molar-refractivity contribution in [3.63, 3.8) is 0 Å². The van der Waals surface area contributed by atoms with Gasteiger partial charge in [-0.15, -0.1) is 0 Å². The number of nitrogens with one attached hydrogen (secondary N) is 1. The smallest absolute Gasteiger partial charge is 0.194 e. The van der Waals surface area contributed by atoms with Crippen LogP contribution in [0.2, 0.25) is 0 Å². The second-order valence-electron chi connectivity index (χ2n) is 7.81. The van der Waals surface area contributed by atoms with Gasteiger partial charge in [0, 0.05) is 32.8 Å². The van der Waals surface area contributed by atoms with E-state index < -0.39 is 0 Å². The first-order valence-electron chi connectivity index (χ1n) is 11.3. The normalized spacial score (nSPS) is 23.0. The second-order valence-corrected chi connectivity index (χ2v) is 7.81. The van der Waals surface area contributed by atoms with E-state index in [1.54, 1.807) is 0 Å². The Bertz CT molecular complexity index is 642. The van der Waals surface area contributed by atoms with E-state index in [0.717, 1.165) is 71.3 Å². The van der Waals surface area contributed by atoms with Gasteiger partial charge in [-0.1, -0.05) is 38.1 Å². The Labute approximate surface area is 176 Å². The van der Waals surface area contributed by atoms with Crippen molar-refractivity contribution in [3.05, 3.63) is 35.4 Å². The number of benzene rings is 1. The first kappa shape index (κ1) is 22.1. The quantitative estimate of drug-likeness (QED) is 0.535. The predicted molar refractivity (Wildman–Crippen MR) is 118 cm³/mol. The van der Waals surface area contributed by atoms with Gasteiger partial charge < -0.3 is 19.7 Å². The Kier molecular flexibility index (Phi) is 8.77. The molecule has 0 aliphatic carbocycles. The molecule has 1 aromatic rings. The molecule has 2 heterocycles. The summed E-state index contributed by atoms with van der Waals surface area (Å²) in [5, 5.41) is 3.49. The molecule has 29 heavy (non-hydrogen) atoms. The summed E-state index contributed by atoms with van der Waals surface area (Å²) in [4.78, 5) is 9.79. The molecule has 0 spiro atoms. The highest BCUT2D eigenvalue weighted by molar-refractivity contribution is 5.80. The van der Waals surface area contributed by atoms with Crippen LogP contribution in [0.1, 0.15) is 44.7 Å². The van der Waals surface area contributed by atoms with E-state index in [0.29, 0.717) is 6.54 Å². The maximum Gasteiger partial charge on any atom is 0.194 e. The van der Waals surface area contributed by atoms with Crippen LogP contribution in [0.3, 0.4) is 0 Å². The van der Waals surface area contributed by atoms with Gasteiger partial charge in [0.2, 0.25) is 0 Å². The molecule has 1 N–H and O–H groups in total. The highest BCUT2D eigenvalue weighted by Crippen LogP contribution is 2.21. The lowest BCUT2D eigenvalue weighted by molar-refractivity contribution is -0.0817. The summed E-state index contributed by atoms with van der Waals surface area (Å²) in [5.41, 5.74) is 2.67. The molecule has 2 aliphatic heterocycles. The Morgan fingerprint density at radius 2 is 1.86 bits per heavy atom. The fourth-order valence-electron chi connectivity index (χ4n) is 4.13. The van der Waals surface area contributed by atoms with Gasteiger partial charge in [-0.05, 0) is 44.0 Å². The number of guanidine groups is 1. The van der Waals surface area contributed by atoms with Crippen LogP contribution >= 0.6 is 0 Å². The van der Waals surface area contributed by atoms with Crippen LogP contribution in [-0.4, -0.2) is 73.9 Å². The third-order valence-electron chi connectivity index (χ3n) is 5.91. The summed E-state index contributed by atoms with van der Waals surface area (Å²) < 4.78 is 11.9. The van der Waals surface area contributed by atoms with Crippen molar-refractivity contribution in [2.24, 2.45) is 4.99 Å². The van der Waals surface area contributed by atoms with Gasteiger partial charge in [0.05, 0.1) is 19.3 Å². The van der Waals surface area contributed by atoms with E-state index in [1.807, 2.05) is 0 Å². The van der Waals surface area contributed by atoms with Crippen LogP contribution in [0.4, 0.5) is 0 Å².